The number of benzene rings is 1. The Kier molecular flexibility index (Phi) is 2.76. The molecule has 5 nitrogen and oxygen atoms in total. The van der Waals surface area contributed by atoms with Crippen LogP contribution in [0.15, 0.2) is 24.4 Å². The summed E-state index contributed by atoms with van der Waals surface area (Å²) < 4.78 is 0. The number of aromatic amines is 1. The molecule has 1 saturated heterocycles. The SMILES string of the molecule is C[C@@H]1CNCCN1C(=O)c1ccc2cn[nH]c2c1. The zero-order chi connectivity index (χ0) is 12.5. The first-order chi connectivity index (χ1) is 8.75. The first-order valence-electron chi connectivity index (χ1n) is 6.20. The Labute approximate surface area is 105 Å². The van der Waals surface area contributed by atoms with Crippen molar-refractivity contribution >= 4 is 16.8 Å². The van der Waals surface area contributed by atoms with E-state index >= 15 is 0 Å². The van der Waals surface area contributed by atoms with Crippen LogP contribution in [0.3, 0.4) is 0 Å². The van der Waals surface area contributed by atoms with Gasteiger partial charge in [-0.25, -0.2) is 0 Å². The molecule has 0 radical (unpaired) electrons. The van der Waals surface area contributed by atoms with Crippen molar-refractivity contribution in [1.29, 1.82) is 0 Å². The molecule has 1 aliphatic heterocycles. The number of nitrogens with zero attached hydrogens (tertiary/aromatic N) is 2. The van der Waals surface area contributed by atoms with Crippen LogP contribution in [-0.2, 0) is 0 Å². The van der Waals surface area contributed by atoms with Crippen molar-refractivity contribution in [3.8, 4) is 0 Å². The van der Waals surface area contributed by atoms with E-state index in [1.54, 1.807) is 6.20 Å². The lowest BCUT2D eigenvalue weighted by Gasteiger charge is -2.34. The van der Waals surface area contributed by atoms with E-state index in [1.807, 2.05) is 23.1 Å². The van der Waals surface area contributed by atoms with Crippen LogP contribution in [0.1, 0.15) is 17.3 Å². The third-order valence-electron chi connectivity index (χ3n) is 3.45. The average Bonchev–Trinajstić information content (AvgIpc) is 2.85. The summed E-state index contributed by atoms with van der Waals surface area (Å²) in [6.45, 7) is 4.56. The molecule has 18 heavy (non-hydrogen) atoms. The Morgan fingerprint density at radius 2 is 2.39 bits per heavy atom. The lowest BCUT2D eigenvalue weighted by Crippen LogP contribution is -2.52. The molecule has 2 N–H and O–H groups in total. The van der Waals surface area contributed by atoms with Gasteiger partial charge in [-0.1, -0.05) is 6.07 Å². The van der Waals surface area contributed by atoms with Crippen molar-refractivity contribution < 1.29 is 4.79 Å². The standard InChI is InChI=1S/C13H16N4O/c1-9-7-14-4-5-17(9)13(18)10-2-3-11-8-15-16-12(11)6-10/h2-3,6,8-9,14H,4-5,7H2,1H3,(H,15,16)/t9-/m1/s1. The molecule has 0 unspecified atom stereocenters. The molecular formula is C13H16N4O. The van der Waals surface area contributed by atoms with Crippen LogP contribution in [0.4, 0.5) is 0 Å². The molecule has 3 rings (SSSR count). The largest absolute Gasteiger partial charge is 0.333 e. The highest BCUT2D eigenvalue weighted by molar-refractivity contribution is 5.97. The van der Waals surface area contributed by atoms with Gasteiger partial charge in [-0.2, -0.15) is 5.10 Å². The van der Waals surface area contributed by atoms with Crippen LogP contribution in [0, 0.1) is 0 Å². The second-order valence-corrected chi connectivity index (χ2v) is 4.72. The van der Waals surface area contributed by atoms with Crippen molar-refractivity contribution in [3.05, 3.63) is 30.0 Å². The van der Waals surface area contributed by atoms with Gasteiger partial charge in [-0.3, -0.25) is 9.89 Å². The molecule has 2 aromatic rings. The molecule has 0 saturated carbocycles. The minimum absolute atomic E-state index is 0.0977. The number of piperazine rings is 1. The summed E-state index contributed by atoms with van der Waals surface area (Å²) in [5.74, 6) is 0.0977. The smallest absolute Gasteiger partial charge is 0.254 e. The van der Waals surface area contributed by atoms with Gasteiger partial charge in [0.05, 0.1) is 11.7 Å². The molecule has 5 heteroatoms. The molecule has 1 aromatic carbocycles. The topological polar surface area (TPSA) is 61.0 Å². The number of nitrogens with one attached hydrogen (secondary N) is 2. The van der Waals surface area contributed by atoms with Gasteiger partial charge in [0.25, 0.3) is 5.91 Å². The molecule has 94 valence electrons. The van der Waals surface area contributed by atoms with E-state index in [-0.39, 0.29) is 11.9 Å². The maximum Gasteiger partial charge on any atom is 0.254 e. The minimum Gasteiger partial charge on any atom is -0.333 e. The summed E-state index contributed by atoms with van der Waals surface area (Å²) in [6.07, 6.45) is 1.76. The summed E-state index contributed by atoms with van der Waals surface area (Å²) in [5.41, 5.74) is 1.63. The van der Waals surface area contributed by atoms with Crippen LogP contribution in [-0.4, -0.2) is 46.7 Å². The maximum absolute atomic E-state index is 12.4. The van der Waals surface area contributed by atoms with Crippen molar-refractivity contribution in [1.82, 2.24) is 20.4 Å². The molecule has 0 bridgehead atoms. The van der Waals surface area contributed by atoms with Crippen LogP contribution >= 0.6 is 0 Å². The molecule has 0 aliphatic carbocycles. The number of rotatable bonds is 1. The zero-order valence-corrected chi connectivity index (χ0v) is 10.3. The Bertz CT molecular complexity index is 577. The molecule has 0 spiro atoms. The highest BCUT2D eigenvalue weighted by Gasteiger charge is 2.24. The van der Waals surface area contributed by atoms with Gasteiger partial charge in [-0.05, 0) is 19.1 Å². The fourth-order valence-electron chi connectivity index (χ4n) is 2.38. The van der Waals surface area contributed by atoms with Gasteiger partial charge in [0, 0.05) is 36.6 Å². The van der Waals surface area contributed by atoms with Crippen molar-refractivity contribution in [3.63, 3.8) is 0 Å². The monoisotopic (exact) mass is 244 g/mol. The Morgan fingerprint density at radius 3 is 3.22 bits per heavy atom. The Balaban J connectivity index is 1.90. The lowest BCUT2D eigenvalue weighted by atomic mass is 10.1. The predicted molar refractivity (Wildman–Crippen MR) is 69.5 cm³/mol. The Hall–Kier alpha value is -1.88. The number of H-pyrrole nitrogens is 1. The number of aromatic nitrogens is 2. The molecule has 2 heterocycles. The predicted octanol–water partition coefficient (Wildman–Crippen LogP) is 0.997. The number of fused-ring (bicyclic) bond motifs is 1. The molecular weight excluding hydrogens is 228 g/mol. The summed E-state index contributed by atoms with van der Waals surface area (Å²) in [4.78, 5) is 14.4. The normalized spacial score (nSPS) is 20.3. The van der Waals surface area contributed by atoms with Gasteiger partial charge in [0.2, 0.25) is 0 Å². The fourth-order valence-corrected chi connectivity index (χ4v) is 2.38. The number of hydrogen-bond donors (Lipinski definition) is 2. The van der Waals surface area contributed by atoms with E-state index in [9.17, 15) is 4.79 Å². The zero-order valence-electron chi connectivity index (χ0n) is 10.3. The van der Waals surface area contributed by atoms with Gasteiger partial charge in [0.15, 0.2) is 0 Å². The third kappa shape index (κ3) is 1.86. The average molecular weight is 244 g/mol. The van der Waals surface area contributed by atoms with Crippen LogP contribution in [0.25, 0.3) is 10.9 Å². The van der Waals surface area contributed by atoms with Crippen molar-refractivity contribution in [2.45, 2.75) is 13.0 Å². The maximum atomic E-state index is 12.4. The van der Waals surface area contributed by atoms with Crippen LogP contribution in [0.5, 0.6) is 0 Å². The van der Waals surface area contributed by atoms with Crippen molar-refractivity contribution in [2.24, 2.45) is 0 Å². The number of carbonyl (C=O) groups excluding carboxylic acids is 1. The molecule has 1 amide bonds. The van der Waals surface area contributed by atoms with E-state index in [2.05, 4.69) is 22.4 Å². The van der Waals surface area contributed by atoms with E-state index in [1.165, 1.54) is 0 Å². The van der Waals surface area contributed by atoms with Gasteiger partial charge < -0.3 is 10.2 Å². The number of amides is 1. The third-order valence-corrected chi connectivity index (χ3v) is 3.45. The first-order valence-corrected chi connectivity index (χ1v) is 6.20. The summed E-state index contributed by atoms with van der Waals surface area (Å²) in [5, 5.41) is 11.2. The highest BCUT2D eigenvalue weighted by atomic mass is 16.2. The van der Waals surface area contributed by atoms with Gasteiger partial charge in [-0.15, -0.1) is 0 Å². The van der Waals surface area contributed by atoms with E-state index in [4.69, 9.17) is 0 Å². The van der Waals surface area contributed by atoms with Crippen LogP contribution < -0.4 is 5.32 Å². The summed E-state index contributed by atoms with van der Waals surface area (Å²) >= 11 is 0. The Morgan fingerprint density at radius 1 is 1.50 bits per heavy atom. The van der Waals surface area contributed by atoms with E-state index in [0.717, 1.165) is 36.1 Å². The first kappa shape index (κ1) is 11.2. The quantitative estimate of drug-likeness (QED) is 0.786. The molecule has 1 atom stereocenters. The second kappa shape index (κ2) is 4.42. The molecule has 1 aliphatic rings. The van der Waals surface area contributed by atoms with E-state index in [0.29, 0.717) is 0 Å². The molecule has 1 aromatic heterocycles. The number of carbonyl (C=O) groups is 1. The van der Waals surface area contributed by atoms with Gasteiger partial charge >= 0.3 is 0 Å². The van der Waals surface area contributed by atoms with Crippen LogP contribution in [0.2, 0.25) is 0 Å². The number of hydrogen-bond acceptors (Lipinski definition) is 3. The fraction of sp³-hybridized carbons (Fsp3) is 0.385. The molecule has 1 fully saturated rings. The van der Waals surface area contributed by atoms with Crippen molar-refractivity contribution in [2.75, 3.05) is 19.6 Å². The van der Waals surface area contributed by atoms with E-state index < -0.39 is 0 Å². The summed E-state index contributed by atoms with van der Waals surface area (Å²) in [6, 6.07) is 5.91. The lowest BCUT2D eigenvalue weighted by molar-refractivity contribution is 0.0656. The van der Waals surface area contributed by atoms with Gasteiger partial charge in [0.1, 0.15) is 0 Å². The summed E-state index contributed by atoms with van der Waals surface area (Å²) in [7, 11) is 0. The highest BCUT2D eigenvalue weighted by Crippen LogP contribution is 2.16. The minimum atomic E-state index is 0.0977. The second-order valence-electron chi connectivity index (χ2n) is 4.72.